The van der Waals surface area contributed by atoms with Crippen molar-refractivity contribution in [3.63, 3.8) is 0 Å². The Morgan fingerprint density at radius 1 is 1.19 bits per heavy atom. The fourth-order valence-electron chi connectivity index (χ4n) is 2.32. The van der Waals surface area contributed by atoms with Crippen molar-refractivity contribution in [3.05, 3.63) is 70.2 Å². The van der Waals surface area contributed by atoms with Crippen LogP contribution in [0.4, 0.5) is 5.69 Å². The lowest BCUT2D eigenvalue weighted by Gasteiger charge is -2.05. The van der Waals surface area contributed by atoms with Crippen molar-refractivity contribution in [3.8, 4) is 10.6 Å². The summed E-state index contributed by atoms with van der Waals surface area (Å²) in [4.78, 5) is 28.1. The number of aromatic nitrogens is 1. The van der Waals surface area contributed by atoms with Crippen LogP contribution >= 0.6 is 22.9 Å². The van der Waals surface area contributed by atoms with Gasteiger partial charge in [0.25, 0.3) is 0 Å². The molecule has 5 nitrogen and oxygen atoms in total. The second-order valence-electron chi connectivity index (χ2n) is 5.45. The third-order valence-corrected chi connectivity index (χ3v) is 4.73. The Balaban J connectivity index is 1.63. The molecule has 0 aliphatic rings. The molecule has 0 saturated heterocycles. The Bertz CT molecular complexity index is 938. The number of nitrogens with one attached hydrogen (secondary N) is 1. The van der Waals surface area contributed by atoms with E-state index in [9.17, 15) is 9.59 Å². The third kappa shape index (κ3) is 4.47. The monoisotopic (exact) mass is 386 g/mol. The van der Waals surface area contributed by atoms with Crippen molar-refractivity contribution in [2.24, 2.45) is 0 Å². The van der Waals surface area contributed by atoms with Crippen molar-refractivity contribution in [2.45, 2.75) is 6.42 Å². The van der Waals surface area contributed by atoms with Gasteiger partial charge in [0, 0.05) is 21.7 Å². The van der Waals surface area contributed by atoms with E-state index in [4.69, 9.17) is 11.6 Å². The molecule has 26 heavy (non-hydrogen) atoms. The van der Waals surface area contributed by atoms with Gasteiger partial charge in [0.2, 0.25) is 5.91 Å². The van der Waals surface area contributed by atoms with Crippen LogP contribution in [-0.2, 0) is 16.0 Å². The van der Waals surface area contributed by atoms with E-state index in [0.29, 0.717) is 22.0 Å². The van der Waals surface area contributed by atoms with Crippen molar-refractivity contribution >= 4 is 40.5 Å². The van der Waals surface area contributed by atoms with Gasteiger partial charge in [0.05, 0.1) is 24.8 Å². The van der Waals surface area contributed by atoms with Gasteiger partial charge < -0.3 is 10.1 Å². The van der Waals surface area contributed by atoms with Gasteiger partial charge in [-0.25, -0.2) is 9.78 Å². The summed E-state index contributed by atoms with van der Waals surface area (Å²) in [7, 11) is 1.32. The number of methoxy groups -OCH3 is 1. The Morgan fingerprint density at radius 2 is 1.96 bits per heavy atom. The van der Waals surface area contributed by atoms with E-state index in [0.717, 1.165) is 10.6 Å². The highest BCUT2D eigenvalue weighted by atomic mass is 35.5. The highest BCUT2D eigenvalue weighted by molar-refractivity contribution is 7.13. The van der Waals surface area contributed by atoms with Gasteiger partial charge in [-0.05, 0) is 36.4 Å². The molecule has 7 heteroatoms. The van der Waals surface area contributed by atoms with Crippen LogP contribution in [-0.4, -0.2) is 24.0 Å². The fourth-order valence-corrected chi connectivity index (χ4v) is 3.33. The maximum absolute atomic E-state index is 12.2. The van der Waals surface area contributed by atoms with Gasteiger partial charge in [-0.2, -0.15) is 0 Å². The van der Waals surface area contributed by atoms with Gasteiger partial charge in [-0.15, -0.1) is 11.3 Å². The van der Waals surface area contributed by atoms with Crippen LogP contribution in [0.3, 0.4) is 0 Å². The molecule has 132 valence electrons. The lowest BCUT2D eigenvalue weighted by molar-refractivity contribution is -0.115. The van der Waals surface area contributed by atoms with Crippen LogP contribution in [0, 0.1) is 0 Å². The summed E-state index contributed by atoms with van der Waals surface area (Å²) in [6.07, 6.45) is 0.163. The zero-order valence-corrected chi connectivity index (χ0v) is 15.4. The number of anilines is 1. The Labute approximate surface area is 159 Å². The van der Waals surface area contributed by atoms with Crippen molar-refractivity contribution < 1.29 is 14.3 Å². The maximum atomic E-state index is 12.2. The van der Waals surface area contributed by atoms with Crippen LogP contribution < -0.4 is 5.32 Å². The van der Waals surface area contributed by atoms with Gasteiger partial charge in [-0.3, -0.25) is 4.79 Å². The van der Waals surface area contributed by atoms with Gasteiger partial charge in [0.1, 0.15) is 5.01 Å². The number of carbonyl (C=O) groups is 2. The molecule has 0 saturated carbocycles. The molecule has 1 amide bonds. The molecule has 0 aliphatic carbocycles. The SMILES string of the molecule is COC(=O)c1ccc(NC(=O)Cc2csc(-c3cccc(Cl)c3)n2)cc1. The summed E-state index contributed by atoms with van der Waals surface area (Å²) in [5, 5.41) is 6.11. The fraction of sp³-hybridized carbons (Fsp3) is 0.105. The minimum Gasteiger partial charge on any atom is -0.465 e. The van der Waals surface area contributed by atoms with Crippen LogP contribution in [0.25, 0.3) is 10.6 Å². The molecule has 3 aromatic rings. The molecule has 0 spiro atoms. The van der Waals surface area contributed by atoms with Crippen LogP contribution in [0.1, 0.15) is 16.1 Å². The predicted octanol–water partition coefficient (Wildman–Crippen LogP) is 4.43. The Morgan fingerprint density at radius 3 is 2.65 bits per heavy atom. The molecule has 1 N–H and O–H groups in total. The number of nitrogens with zero attached hydrogens (tertiary/aromatic N) is 1. The minimum atomic E-state index is -0.418. The first-order valence-corrected chi connectivity index (χ1v) is 8.99. The van der Waals surface area contributed by atoms with Crippen LogP contribution in [0.2, 0.25) is 5.02 Å². The molecular weight excluding hydrogens is 372 g/mol. The molecule has 0 radical (unpaired) electrons. The molecule has 2 aromatic carbocycles. The number of hydrogen-bond donors (Lipinski definition) is 1. The first-order chi connectivity index (χ1) is 12.5. The van der Waals surface area contributed by atoms with E-state index >= 15 is 0 Å². The second kappa shape index (κ2) is 8.12. The molecule has 0 bridgehead atoms. The molecule has 0 fully saturated rings. The van der Waals surface area contributed by atoms with Gasteiger partial charge >= 0.3 is 5.97 Å². The summed E-state index contributed by atoms with van der Waals surface area (Å²) >= 11 is 7.47. The molecule has 0 aliphatic heterocycles. The van der Waals surface area contributed by atoms with E-state index in [1.807, 2.05) is 23.6 Å². The summed E-state index contributed by atoms with van der Waals surface area (Å²) in [6.45, 7) is 0. The number of benzene rings is 2. The quantitative estimate of drug-likeness (QED) is 0.658. The first kappa shape index (κ1) is 18.1. The van der Waals surface area contributed by atoms with E-state index in [-0.39, 0.29) is 12.3 Å². The Hall–Kier alpha value is -2.70. The summed E-state index contributed by atoms with van der Waals surface area (Å²) in [6, 6.07) is 13.9. The third-order valence-electron chi connectivity index (χ3n) is 3.55. The normalized spacial score (nSPS) is 10.4. The number of halogens is 1. The maximum Gasteiger partial charge on any atom is 0.337 e. The molecule has 0 unspecified atom stereocenters. The topological polar surface area (TPSA) is 68.3 Å². The van der Waals surface area contributed by atoms with Gasteiger partial charge in [-0.1, -0.05) is 23.7 Å². The van der Waals surface area contributed by atoms with Crippen molar-refractivity contribution in [2.75, 3.05) is 12.4 Å². The Kier molecular flexibility index (Phi) is 5.65. The number of esters is 1. The largest absolute Gasteiger partial charge is 0.465 e. The average Bonchev–Trinajstić information content (AvgIpc) is 3.10. The molecular formula is C19H15ClN2O3S. The summed E-state index contributed by atoms with van der Waals surface area (Å²) in [5.41, 5.74) is 2.64. The predicted molar refractivity (Wildman–Crippen MR) is 103 cm³/mol. The second-order valence-corrected chi connectivity index (χ2v) is 6.74. The zero-order valence-electron chi connectivity index (χ0n) is 13.9. The summed E-state index contributed by atoms with van der Waals surface area (Å²) in [5.74, 6) is -0.599. The molecule has 3 rings (SSSR count). The smallest absolute Gasteiger partial charge is 0.337 e. The van der Waals surface area contributed by atoms with Crippen LogP contribution in [0.15, 0.2) is 53.9 Å². The first-order valence-electron chi connectivity index (χ1n) is 7.74. The average molecular weight is 387 g/mol. The number of hydrogen-bond acceptors (Lipinski definition) is 5. The molecule has 1 aromatic heterocycles. The highest BCUT2D eigenvalue weighted by Crippen LogP contribution is 2.26. The van der Waals surface area contributed by atoms with E-state index < -0.39 is 5.97 Å². The zero-order chi connectivity index (χ0) is 18.5. The number of rotatable bonds is 5. The van der Waals surface area contributed by atoms with Crippen molar-refractivity contribution in [1.29, 1.82) is 0 Å². The van der Waals surface area contributed by atoms with Crippen LogP contribution in [0.5, 0.6) is 0 Å². The minimum absolute atomic E-state index is 0.163. The number of carbonyl (C=O) groups excluding carboxylic acids is 2. The van der Waals surface area contributed by atoms with E-state index in [2.05, 4.69) is 15.0 Å². The lowest BCUT2D eigenvalue weighted by atomic mass is 10.2. The molecule has 0 atom stereocenters. The lowest BCUT2D eigenvalue weighted by Crippen LogP contribution is -2.14. The summed E-state index contributed by atoms with van der Waals surface area (Å²) < 4.78 is 4.64. The van der Waals surface area contributed by atoms with Gasteiger partial charge in [0.15, 0.2) is 0 Å². The van der Waals surface area contributed by atoms with E-state index in [1.165, 1.54) is 18.4 Å². The number of ether oxygens (including phenoxy) is 1. The molecule has 1 heterocycles. The number of thiazole rings is 1. The highest BCUT2D eigenvalue weighted by Gasteiger charge is 2.10. The standard InChI is InChI=1S/C19H15ClN2O3S/c1-25-19(24)12-5-7-15(8-6-12)21-17(23)10-16-11-26-18(22-16)13-3-2-4-14(20)9-13/h2-9,11H,10H2,1H3,(H,21,23). The van der Waals surface area contributed by atoms with E-state index in [1.54, 1.807) is 30.3 Å². The number of amides is 1. The van der Waals surface area contributed by atoms with Crippen molar-refractivity contribution in [1.82, 2.24) is 4.98 Å².